The Morgan fingerprint density at radius 2 is 1.42 bits per heavy atom. The summed E-state index contributed by atoms with van der Waals surface area (Å²) in [6.45, 7) is 4.48. The third-order valence-corrected chi connectivity index (χ3v) is 9.47. The van der Waals surface area contributed by atoms with E-state index in [2.05, 4.69) is 112 Å². The van der Waals surface area contributed by atoms with E-state index in [4.69, 9.17) is 20.4 Å². The maximum Gasteiger partial charge on any atom is 0.413 e. The topological polar surface area (TPSA) is 189 Å². The number of fused-ring (bicyclic) bond motifs is 3. The number of imidazole rings is 1. The van der Waals surface area contributed by atoms with Crippen molar-refractivity contribution in [1.82, 2.24) is 14.9 Å². The molecular formula is C37H41N5O8S2. The van der Waals surface area contributed by atoms with Gasteiger partial charge in [0.25, 0.3) is 0 Å². The van der Waals surface area contributed by atoms with Crippen molar-refractivity contribution in [3.05, 3.63) is 97.1 Å². The smallest absolute Gasteiger partial charge is 0.413 e. The molecule has 15 heteroatoms. The molecule has 6 rings (SSSR count). The van der Waals surface area contributed by atoms with Gasteiger partial charge in [0.15, 0.2) is 12.2 Å². The summed E-state index contributed by atoms with van der Waals surface area (Å²) in [5.41, 5.74) is 4.33. The molecule has 13 nitrogen and oxygen atoms in total. The lowest BCUT2D eigenvalue weighted by molar-refractivity contribution is -0.165. The molecule has 0 fully saturated rings. The minimum atomic E-state index is -2.27. The van der Waals surface area contributed by atoms with Crippen molar-refractivity contribution in [3.63, 3.8) is 0 Å². The van der Waals surface area contributed by atoms with Crippen molar-refractivity contribution in [3.8, 4) is 0 Å². The first-order valence-electron chi connectivity index (χ1n) is 16.0. The zero-order chi connectivity index (χ0) is 37.8. The molecule has 0 bridgehead atoms. The molecule has 0 saturated carbocycles. The van der Waals surface area contributed by atoms with Crippen molar-refractivity contribution in [2.75, 3.05) is 44.5 Å². The third kappa shape index (κ3) is 11.2. The molecule has 3 unspecified atom stereocenters. The summed E-state index contributed by atoms with van der Waals surface area (Å²) < 4.78 is 4.54. The van der Waals surface area contributed by atoms with Crippen LogP contribution in [0, 0.1) is 5.92 Å². The molecule has 52 heavy (non-hydrogen) atoms. The Kier molecular flexibility index (Phi) is 14.5. The number of ether oxygens (including phenoxy) is 1. The number of hydrogen-bond acceptors (Lipinski definition) is 11. The normalized spacial score (nSPS) is 13.2. The number of nitrogens with one attached hydrogen (secondary N) is 2. The van der Waals surface area contributed by atoms with Gasteiger partial charge in [-0.05, 0) is 74.6 Å². The first-order valence-corrected chi connectivity index (χ1v) is 17.7. The summed E-state index contributed by atoms with van der Waals surface area (Å²) >= 11 is 3.55. The molecule has 0 spiro atoms. The van der Waals surface area contributed by atoms with Crippen LogP contribution in [0.15, 0.2) is 117 Å². The van der Waals surface area contributed by atoms with Crippen molar-refractivity contribution < 1.29 is 39.5 Å². The van der Waals surface area contributed by atoms with Gasteiger partial charge in [0.05, 0.1) is 29.5 Å². The van der Waals surface area contributed by atoms with Gasteiger partial charge in [-0.3, -0.25) is 5.32 Å². The highest BCUT2D eigenvalue weighted by Gasteiger charge is 2.29. The zero-order valence-corrected chi connectivity index (χ0v) is 30.6. The number of anilines is 3. The van der Waals surface area contributed by atoms with Crippen LogP contribution in [-0.4, -0.2) is 99.8 Å². The fraction of sp³-hybridized carbons (Fsp3) is 0.243. The molecule has 3 atom stereocenters. The summed E-state index contributed by atoms with van der Waals surface area (Å²) in [6, 6.07) is 33.5. The second-order valence-electron chi connectivity index (χ2n) is 11.9. The van der Waals surface area contributed by atoms with Gasteiger partial charge in [-0.2, -0.15) is 0 Å². The van der Waals surface area contributed by atoms with Crippen molar-refractivity contribution in [2.24, 2.45) is 5.92 Å². The summed E-state index contributed by atoms with van der Waals surface area (Å²) in [5, 5.41) is 35.0. The Hall–Kier alpha value is -5.06. The molecular weight excluding hydrogens is 707 g/mol. The van der Waals surface area contributed by atoms with E-state index in [9.17, 15) is 14.4 Å². The van der Waals surface area contributed by atoms with E-state index in [0.717, 1.165) is 29.0 Å². The van der Waals surface area contributed by atoms with Gasteiger partial charge in [0.2, 0.25) is 5.95 Å². The number of aliphatic carboxylic acids is 2. The van der Waals surface area contributed by atoms with Gasteiger partial charge < -0.3 is 39.9 Å². The van der Waals surface area contributed by atoms with Crippen LogP contribution >= 0.6 is 23.5 Å². The van der Waals surface area contributed by atoms with Crippen LogP contribution in [0.2, 0.25) is 0 Å². The van der Waals surface area contributed by atoms with Crippen LogP contribution < -0.4 is 10.2 Å². The molecule has 2 heterocycles. The molecule has 1 amide bonds. The lowest BCUT2D eigenvalue weighted by Gasteiger charge is -2.35. The summed E-state index contributed by atoms with van der Waals surface area (Å²) in [5.74, 6) is -2.55. The van der Waals surface area contributed by atoms with Crippen LogP contribution in [-0.2, 0) is 14.3 Å². The molecule has 4 aromatic carbocycles. The SMILES string of the molecule is CC(CN(C)C)CN1c2ccccc2Sc2ccccc21.COC(=O)Nc1nc2ccc(Sc3ccccc3)cc2[nH]1.O=C(O)C(O)C(O)C(=O)O. The summed E-state index contributed by atoms with van der Waals surface area (Å²) in [6.07, 6.45) is -5.08. The molecule has 274 valence electrons. The zero-order valence-electron chi connectivity index (χ0n) is 29.0. The Labute approximate surface area is 309 Å². The van der Waals surface area contributed by atoms with E-state index in [1.807, 2.05) is 48.2 Å². The number of carbonyl (C=O) groups excluding carboxylic acids is 1. The Morgan fingerprint density at radius 3 is 1.96 bits per heavy atom. The number of benzene rings is 4. The average molecular weight is 748 g/mol. The first-order chi connectivity index (χ1) is 24.9. The van der Waals surface area contributed by atoms with Gasteiger partial charge in [-0.25, -0.2) is 19.4 Å². The van der Waals surface area contributed by atoms with Crippen LogP contribution in [0.4, 0.5) is 22.1 Å². The van der Waals surface area contributed by atoms with Crippen LogP contribution in [0.25, 0.3) is 11.0 Å². The van der Waals surface area contributed by atoms with Crippen molar-refractivity contribution in [2.45, 2.75) is 38.7 Å². The van der Waals surface area contributed by atoms with E-state index >= 15 is 0 Å². The lowest BCUT2D eigenvalue weighted by atomic mass is 10.1. The van der Waals surface area contributed by atoms with Crippen LogP contribution in [0.5, 0.6) is 0 Å². The van der Waals surface area contributed by atoms with E-state index in [1.165, 1.54) is 33.2 Å². The van der Waals surface area contributed by atoms with E-state index in [1.54, 1.807) is 11.8 Å². The minimum absolute atomic E-state index is 0.374. The van der Waals surface area contributed by atoms with E-state index in [0.29, 0.717) is 11.9 Å². The number of carboxylic acid groups (broad SMARTS) is 2. The molecule has 1 aromatic heterocycles. The number of carbonyl (C=O) groups is 3. The molecule has 0 aliphatic carbocycles. The molecule has 6 N–H and O–H groups in total. The van der Waals surface area contributed by atoms with E-state index in [-0.39, 0.29) is 0 Å². The summed E-state index contributed by atoms with van der Waals surface area (Å²) in [7, 11) is 5.60. The number of aliphatic hydroxyl groups excluding tert-OH is 2. The maximum atomic E-state index is 11.2. The van der Waals surface area contributed by atoms with Crippen molar-refractivity contribution >= 4 is 69.9 Å². The second kappa shape index (κ2) is 19.0. The number of aromatic nitrogens is 2. The van der Waals surface area contributed by atoms with Gasteiger partial charge >= 0.3 is 18.0 Å². The van der Waals surface area contributed by atoms with E-state index < -0.39 is 30.2 Å². The fourth-order valence-corrected chi connectivity index (χ4v) is 7.10. The predicted molar refractivity (Wildman–Crippen MR) is 202 cm³/mol. The number of rotatable bonds is 10. The number of nitrogens with zero attached hydrogens (tertiary/aromatic N) is 3. The fourth-order valence-electron chi connectivity index (χ4n) is 5.12. The van der Waals surface area contributed by atoms with Gasteiger partial charge in [0.1, 0.15) is 0 Å². The molecule has 0 radical (unpaired) electrons. The lowest BCUT2D eigenvalue weighted by Crippen LogP contribution is -2.39. The third-order valence-electron chi connectivity index (χ3n) is 7.35. The first kappa shape index (κ1) is 39.7. The average Bonchev–Trinajstić information content (AvgIpc) is 3.52. The number of carboxylic acids is 2. The number of methoxy groups -OCH3 is 1. The number of amides is 1. The molecule has 0 saturated heterocycles. The molecule has 1 aliphatic rings. The molecule has 5 aromatic rings. The number of aromatic amines is 1. The monoisotopic (exact) mass is 747 g/mol. The summed E-state index contributed by atoms with van der Waals surface area (Å²) in [4.78, 5) is 47.8. The standard InChI is InChI=1S/C18H22N2S.C15H13N3O2S.C4H6O6/c1-14(12-19(2)3)13-20-15-8-4-6-10-17(15)21-18-11-7-5-9-16(18)20;1-20-15(19)18-14-16-12-8-7-11(9-13(12)17-14)21-10-5-3-2-4-6-10;5-1(3(7)8)2(6)4(9)10/h4-11,14H,12-13H2,1-3H3;2-9H,1H3,(H2,16,17,18,19);1-2,5-6H,(H,7,8)(H,9,10). The predicted octanol–water partition coefficient (Wildman–Crippen LogP) is 6.26. The van der Waals surface area contributed by atoms with Gasteiger partial charge in [0, 0.05) is 32.7 Å². The number of aliphatic hydroxyl groups is 2. The highest BCUT2D eigenvalue weighted by molar-refractivity contribution is 7.99. The second-order valence-corrected chi connectivity index (χ2v) is 14.1. The van der Waals surface area contributed by atoms with Crippen LogP contribution in [0.3, 0.4) is 0 Å². The maximum absolute atomic E-state index is 11.2. The minimum Gasteiger partial charge on any atom is -0.479 e. The number of H-pyrrole nitrogens is 1. The number of para-hydroxylation sites is 2. The Balaban J connectivity index is 0.000000187. The highest BCUT2D eigenvalue weighted by Crippen LogP contribution is 2.48. The van der Waals surface area contributed by atoms with Crippen LogP contribution in [0.1, 0.15) is 6.92 Å². The van der Waals surface area contributed by atoms with Crippen molar-refractivity contribution in [1.29, 1.82) is 0 Å². The Morgan fingerprint density at radius 1 is 0.865 bits per heavy atom. The Bertz CT molecular complexity index is 1900. The largest absolute Gasteiger partial charge is 0.479 e. The van der Waals surface area contributed by atoms with Gasteiger partial charge in [-0.15, -0.1) is 0 Å². The van der Waals surface area contributed by atoms with Gasteiger partial charge in [-0.1, -0.05) is 72.9 Å². The quantitative estimate of drug-likeness (QED) is 0.0941. The molecule has 1 aliphatic heterocycles. The highest BCUT2D eigenvalue weighted by atomic mass is 32.2. The number of hydrogen-bond donors (Lipinski definition) is 6.